The number of carbonyl (C=O) groups excluding carboxylic acids is 3. The van der Waals surface area contributed by atoms with Gasteiger partial charge in [0.1, 0.15) is 23.6 Å². The Hall–Kier alpha value is -3.28. The van der Waals surface area contributed by atoms with E-state index in [0.29, 0.717) is 24.3 Å². The Labute approximate surface area is 162 Å². The van der Waals surface area contributed by atoms with Crippen LogP contribution < -0.4 is 20.1 Å². The number of hydrogen-bond acceptors (Lipinski definition) is 7. The lowest BCUT2D eigenvalue weighted by Crippen LogP contribution is -2.47. The average molecular weight is 389 g/mol. The largest absolute Gasteiger partial charge is 0.497 e. The molecule has 1 aliphatic carbocycles. The lowest BCUT2D eigenvalue weighted by molar-refractivity contribution is -0.147. The molecule has 1 aromatic carbocycles. The maximum absolute atomic E-state index is 12.2. The fourth-order valence-electron chi connectivity index (χ4n) is 2.94. The van der Waals surface area contributed by atoms with Gasteiger partial charge in [0.2, 0.25) is 0 Å². The molecule has 28 heavy (non-hydrogen) atoms. The zero-order valence-electron chi connectivity index (χ0n) is 15.9. The van der Waals surface area contributed by atoms with Crippen molar-refractivity contribution in [3.63, 3.8) is 0 Å². The number of benzene rings is 1. The molecule has 2 N–H and O–H groups in total. The normalized spacial score (nSPS) is 14.5. The van der Waals surface area contributed by atoms with Crippen molar-refractivity contribution in [3.05, 3.63) is 23.8 Å². The van der Waals surface area contributed by atoms with Gasteiger partial charge in [-0.1, -0.05) is 0 Å². The molecule has 0 unspecified atom stereocenters. The molecular formula is C19H23N3O6. The maximum Gasteiger partial charge on any atom is 0.325 e. The number of rotatable bonds is 8. The van der Waals surface area contributed by atoms with E-state index in [9.17, 15) is 19.6 Å². The molecule has 1 fully saturated rings. The van der Waals surface area contributed by atoms with E-state index in [4.69, 9.17) is 14.2 Å². The minimum atomic E-state index is -0.872. The number of nitrogens with one attached hydrogen (secondary N) is 2. The highest BCUT2D eigenvalue weighted by molar-refractivity contribution is 5.96. The molecule has 0 spiro atoms. The van der Waals surface area contributed by atoms with Crippen molar-refractivity contribution in [3.8, 4) is 17.6 Å². The summed E-state index contributed by atoms with van der Waals surface area (Å²) in [6.45, 7) is -0.917. The van der Waals surface area contributed by atoms with Gasteiger partial charge in [0.25, 0.3) is 11.8 Å². The van der Waals surface area contributed by atoms with E-state index in [1.807, 2.05) is 0 Å². The minimum Gasteiger partial charge on any atom is -0.497 e. The van der Waals surface area contributed by atoms with Gasteiger partial charge in [0.15, 0.2) is 6.61 Å². The Balaban J connectivity index is 1.80. The van der Waals surface area contributed by atoms with Crippen LogP contribution in [0.4, 0.5) is 0 Å². The summed E-state index contributed by atoms with van der Waals surface area (Å²) in [6, 6.07) is 6.74. The zero-order valence-corrected chi connectivity index (χ0v) is 15.9. The van der Waals surface area contributed by atoms with Gasteiger partial charge in [-0.2, -0.15) is 5.26 Å². The highest BCUT2D eigenvalue weighted by Gasteiger charge is 2.35. The number of esters is 1. The van der Waals surface area contributed by atoms with Gasteiger partial charge in [-0.3, -0.25) is 14.4 Å². The topological polar surface area (TPSA) is 127 Å². The third-order valence-corrected chi connectivity index (χ3v) is 4.42. The second kappa shape index (κ2) is 9.60. The summed E-state index contributed by atoms with van der Waals surface area (Å²) in [5.41, 5.74) is -0.623. The molecule has 2 rings (SSSR count). The van der Waals surface area contributed by atoms with Crippen LogP contribution >= 0.6 is 0 Å². The highest BCUT2D eigenvalue weighted by atomic mass is 16.5. The van der Waals surface area contributed by atoms with Gasteiger partial charge in [-0.15, -0.1) is 0 Å². The Kier molecular flexibility index (Phi) is 7.21. The van der Waals surface area contributed by atoms with Gasteiger partial charge in [0.05, 0.1) is 20.3 Å². The summed E-state index contributed by atoms with van der Waals surface area (Å²) in [4.78, 5) is 35.9. The standard InChI is InChI=1S/C19H23N3O6/c1-26-14-7-13(8-15(9-14)27-2)18(25)21-10-17(24)28-11-16(23)22-19(12-20)5-3-4-6-19/h7-9H,3-6,10-11H2,1-2H3,(H,21,25)(H,22,23). The predicted molar refractivity (Wildman–Crippen MR) is 97.8 cm³/mol. The Bertz CT molecular complexity index is 758. The molecule has 1 aliphatic rings. The molecule has 0 radical (unpaired) electrons. The summed E-state index contributed by atoms with van der Waals surface area (Å²) in [5.74, 6) is -0.964. The molecule has 9 nitrogen and oxygen atoms in total. The first-order chi connectivity index (χ1) is 13.4. The third kappa shape index (κ3) is 5.61. The molecule has 2 amide bonds. The monoisotopic (exact) mass is 389 g/mol. The molecule has 9 heteroatoms. The number of methoxy groups -OCH3 is 2. The fraction of sp³-hybridized carbons (Fsp3) is 0.474. The van der Waals surface area contributed by atoms with Crippen LogP contribution in [0.5, 0.6) is 11.5 Å². The lowest BCUT2D eigenvalue weighted by Gasteiger charge is -2.21. The van der Waals surface area contributed by atoms with E-state index in [1.165, 1.54) is 26.4 Å². The van der Waals surface area contributed by atoms with Crippen molar-refractivity contribution in [1.82, 2.24) is 10.6 Å². The van der Waals surface area contributed by atoms with Gasteiger partial charge in [0, 0.05) is 11.6 Å². The maximum atomic E-state index is 12.2. The fourth-order valence-corrected chi connectivity index (χ4v) is 2.94. The van der Waals surface area contributed by atoms with Crippen LogP contribution in [0.25, 0.3) is 0 Å². The van der Waals surface area contributed by atoms with Crippen molar-refractivity contribution >= 4 is 17.8 Å². The van der Waals surface area contributed by atoms with Crippen LogP contribution in [0, 0.1) is 11.3 Å². The second-order valence-corrected chi connectivity index (χ2v) is 6.39. The molecule has 0 heterocycles. The predicted octanol–water partition coefficient (Wildman–Crippen LogP) is 0.929. The lowest BCUT2D eigenvalue weighted by atomic mass is 10.00. The molecular weight excluding hydrogens is 366 g/mol. The summed E-state index contributed by atoms with van der Waals surface area (Å²) in [7, 11) is 2.92. The van der Waals surface area contributed by atoms with Crippen LogP contribution in [0.1, 0.15) is 36.0 Å². The molecule has 0 aromatic heterocycles. The number of amides is 2. The van der Waals surface area contributed by atoms with E-state index in [2.05, 4.69) is 16.7 Å². The molecule has 150 valence electrons. The van der Waals surface area contributed by atoms with Crippen LogP contribution in [0.3, 0.4) is 0 Å². The zero-order chi connectivity index (χ0) is 20.6. The summed E-state index contributed by atoms with van der Waals surface area (Å²) >= 11 is 0. The van der Waals surface area contributed by atoms with Crippen LogP contribution in [0.15, 0.2) is 18.2 Å². The molecule has 0 bridgehead atoms. The smallest absolute Gasteiger partial charge is 0.325 e. The van der Waals surface area contributed by atoms with Gasteiger partial charge < -0.3 is 24.8 Å². The molecule has 0 atom stereocenters. The van der Waals surface area contributed by atoms with Crippen LogP contribution in [0.2, 0.25) is 0 Å². The number of nitrogens with zero attached hydrogens (tertiary/aromatic N) is 1. The number of nitriles is 1. The number of hydrogen-bond donors (Lipinski definition) is 2. The molecule has 1 saturated carbocycles. The summed E-state index contributed by atoms with van der Waals surface area (Å²) < 4.78 is 15.0. The average Bonchev–Trinajstić information content (AvgIpc) is 3.18. The summed E-state index contributed by atoms with van der Waals surface area (Å²) in [5, 5.41) is 14.3. The number of carbonyl (C=O) groups is 3. The Morgan fingerprint density at radius 1 is 1.11 bits per heavy atom. The first-order valence-corrected chi connectivity index (χ1v) is 8.80. The van der Waals surface area contributed by atoms with Crippen LogP contribution in [-0.4, -0.2) is 50.7 Å². The second-order valence-electron chi connectivity index (χ2n) is 6.39. The van der Waals surface area contributed by atoms with Crippen molar-refractivity contribution < 1.29 is 28.6 Å². The van der Waals surface area contributed by atoms with E-state index >= 15 is 0 Å². The van der Waals surface area contributed by atoms with Crippen molar-refractivity contribution in [2.24, 2.45) is 0 Å². The first-order valence-electron chi connectivity index (χ1n) is 8.80. The Morgan fingerprint density at radius 3 is 2.25 bits per heavy atom. The van der Waals surface area contributed by atoms with Crippen LogP contribution in [-0.2, 0) is 14.3 Å². The first kappa shape index (κ1) is 21.0. The Morgan fingerprint density at radius 2 is 1.71 bits per heavy atom. The van der Waals surface area contributed by atoms with E-state index < -0.39 is 36.5 Å². The van der Waals surface area contributed by atoms with E-state index in [-0.39, 0.29) is 5.56 Å². The minimum absolute atomic E-state index is 0.249. The van der Waals surface area contributed by atoms with E-state index in [1.54, 1.807) is 6.07 Å². The quantitative estimate of drug-likeness (QED) is 0.633. The van der Waals surface area contributed by atoms with Gasteiger partial charge in [-0.25, -0.2) is 0 Å². The third-order valence-electron chi connectivity index (χ3n) is 4.42. The van der Waals surface area contributed by atoms with E-state index in [0.717, 1.165) is 12.8 Å². The molecule has 0 aliphatic heterocycles. The van der Waals surface area contributed by atoms with Crippen molar-refractivity contribution in [1.29, 1.82) is 5.26 Å². The highest BCUT2D eigenvalue weighted by Crippen LogP contribution is 2.28. The molecule has 1 aromatic rings. The SMILES string of the molecule is COc1cc(OC)cc(C(=O)NCC(=O)OCC(=O)NC2(C#N)CCCC2)c1. The van der Waals surface area contributed by atoms with Crippen molar-refractivity contribution in [2.45, 2.75) is 31.2 Å². The molecule has 0 saturated heterocycles. The van der Waals surface area contributed by atoms with Crippen molar-refractivity contribution in [2.75, 3.05) is 27.4 Å². The van der Waals surface area contributed by atoms with Gasteiger partial charge >= 0.3 is 5.97 Å². The summed E-state index contributed by atoms with van der Waals surface area (Å²) in [6.07, 6.45) is 2.91. The number of ether oxygens (including phenoxy) is 3. The van der Waals surface area contributed by atoms with Gasteiger partial charge in [-0.05, 0) is 37.8 Å².